The highest BCUT2D eigenvalue weighted by Crippen LogP contribution is 2.46. The van der Waals surface area contributed by atoms with E-state index in [4.69, 9.17) is 4.74 Å². The van der Waals surface area contributed by atoms with Crippen molar-refractivity contribution in [2.45, 2.75) is 57.2 Å². The summed E-state index contributed by atoms with van der Waals surface area (Å²) >= 11 is 0. The van der Waals surface area contributed by atoms with Gasteiger partial charge in [-0.15, -0.1) is 0 Å². The van der Waals surface area contributed by atoms with Crippen LogP contribution in [0.4, 0.5) is 15.8 Å². The van der Waals surface area contributed by atoms with Gasteiger partial charge in [-0.1, -0.05) is 37.1 Å². The van der Waals surface area contributed by atoms with Gasteiger partial charge in [0.1, 0.15) is 5.82 Å². The first-order valence-corrected chi connectivity index (χ1v) is 15.6. The normalized spacial score (nSPS) is 23.6. The van der Waals surface area contributed by atoms with Gasteiger partial charge in [0.05, 0.1) is 48.5 Å². The average Bonchev–Trinajstić information content (AvgIpc) is 3.78. The number of piperidine rings is 1. The minimum absolute atomic E-state index is 0.0397. The topological polar surface area (TPSA) is 88.5 Å². The van der Waals surface area contributed by atoms with Crippen LogP contribution >= 0.6 is 0 Å². The molecule has 3 aliphatic rings. The molecule has 2 saturated heterocycles. The summed E-state index contributed by atoms with van der Waals surface area (Å²) < 4.78 is 23.0. The Balaban J connectivity index is 1.27. The molecular formula is C35H38FN5O3. The summed E-state index contributed by atoms with van der Waals surface area (Å²) in [4.78, 5) is 30.4. The lowest BCUT2D eigenvalue weighted by Crippen LogP contribution is -2.55. The lowest BCUT2D eigenvalue weighted by molar-refractivity contribution is -0.124. The molecule has 4 aromatic rings. The SMILES string of the molecule is Cc1cccc(F)c1C(=O)N1[C@H](c2ccc(NC3CCCC3)cc2)[C@H](C(=O)Nc2ccc3c(cnn3C)c2)C[C@@H]2COC[C@@H]21. The van der Waals surface area contributed by atoms with Crippen LogP contribution in [0.25, 0.3) is 10.9 Å². The van der Waals surface area contributed by atoms with Crippen molar-refractivity contribution in [2.75, 3.05) is 23.8 Å². The van der Waals surface area contributed by atoms with E-state index in [0.717, 1.165) is 35.0 Å². The monoisotopic (exact) mass is 595 g/mol. The number of rotatable bonds is 6. The zero-order valence-corrected chi connectivity index (χ0v) is 25.1. The number of nitrogens with one attached hydrogen (secondary N) is 2. The van der Waals surface area contributed by atoms with Gasteiger partial charge in [-0.3, -0.25) is 14.3 Å². The van der Waals surface area contributed by atoms with Crippen LogP contribution in [-0.4, -0.2) is 51.8 Å². The van der Waals surface area contributed by atoms with Gasteiger partial charge in [-0.05, 0) is 73.7 Å². The van der Waals surface area contributed by atoms with Gasteiger partial charge in [0.2, 0.25) is 5.91 Å². The second-order valence-electron chi connectivity index (χ2n) is 12.6. The molecular weight excluding hydrogens is 557 g/mol. The van der Waals surface area contributed by atoms with Crippen molar-refractivity contribution in [1.29, 1.82) is 0 Å². The Hall–Kier alpha value is -4.24. The molecule has 3 fully saturated rings. The van der Waals surface area contributed by atoms with Crippen LogP contribution in [0.15, 0.2) is 66.9 Å². The summed E-state index contributed by atoms with van der Waals surface area (Å²) in [5, 5.41) is 12.0. The van der Waals surface area contributed by atoms with Gasteiger partial charge in [-0.25, -0.2) is 4.39 Å². The quantitative estimate of drug-likeness (QED) is 0.276. The van der Waals surface area contributed by atoms with Crippen molar-refractivity contribution < 1.29 is 18.7 Å². The van der Waals surface area contributed by atoms with E-state index in [1.165, 1.54) is 18.9 Å². The number of hydrogen-bond acceptors (Lipinski definition) is 5. The van der Waals surface area contributed by atoms with Gasteiger partial charge in [0, 0.05) is 35.8 Å². The van der Waals surface area contributed by atoms with Gasteiger partial charge in [0.25, 0.3) is 5.91 Å². The van der Waals surface area contributed by atoms with E-state index < -0.39 is 23.7 Å². The molecule has 1 aromatic heterocycles. The maximum absolute atomic E-state index is 15.3. The molecule has 1 saturated carbocycles. The van der Waals surface area contributed by atoms with Crippen LogP contribution < -0.4 is 10.6 Å². The summed E-state index contributed by atoms with van der Waals surface area (Å²) in [5.41, 5.74) is 4.11. The zero-order chi connectivity index (χ0) is 30.4. The summed E-state index contributed by atoms with van der Waals surface area (Å²) in [6.45, 7) is 2.56. The van der Waals surface area contributed by atoms with Crippen LogP contribution in [0.5, 0.6) is 0 Å². The molecule has 0 unspecified atom stereocenters. The van der Waals surface area contributed by atoms with Crippen LogP contribution in [-0.2, 0) is 16.6 Å². The number of hydrogen-bond donors (Lipinski definition) is 2. The van der Waals surface area contributed by atoms with Crippen LogP contribution in [0.1, 0.15) is 59.6 Å². The van der Waals surface area contributed by atoms with Crippen molar-refractivity contribution in [3.05, 3.63) is 89.4 Å². The molecule has 0 spiro atoms. The van der Waals surface area contributed by atoms with E-state index >= 15 is 4.39 Å². The summed E-state index contributed by atoms with van der Waals surface area (Å²) in [7, 11) is 1.88. The Kier molecular flexibility index (Phi) is 7.58. The molecule has 3 aromatic carbocycles. The average molecular weight is 596 g/mol. The Morgan fingerprint density at radius 3 is 2.55 bits per heavy atom. The fourth-order valence-corrected chi connectivity index (χ4v) is 7.49. The van der Waals surface area contributed by atoms with E-state index in [9.17, 15) is 9.59 Å². The Morgan fingerprint density at radius 1 is 1.00 bits per heavy atom. The van der Waals surface area contributed by atoms with Gasteiger partial charge in [0.15, 0.2) is 0 Å². The van der Waals surface area contributed by atoms with Crippen molar-refractivity contribution in [3.63, 3.8) is 0 Å². The summed E-state index contributed by atoms with van der Waals surface area (Å²) in [6.07, 6.45) is 7.11. The maximum atomic E-state index is 15.3. The highest BCUT2D eigenvalue weighted by atomic mass is 19.1. The fourth-order valence-electron chi connectivity index (χ4n) is 7.49. The number of fused-ring (bicyclic) bond motifs is 2. The molecule has 0 radical (unpaired) electrons. The fraction of sp³-hybridized carbons (Fsp3) is 0.400. The molecule has 44 heavy (non-hydrogen) atoms. The third-order valence-electron chi connectivity index (χ3n) is 9.76. The number of carbonyl (C=O) groups excluding carboxylic acids is 2. The number of benzene rings is 3. The highest BCUT2D eigenvalue weighted by Gasteiger charge is 2.51. The summed E-state index contributed by atoms with van der Waals surface area (Å²) in [6, 6.07) is 18.1. The minimum atomic E-state index is -0.605. The van der Waals surface area contributed by atoms with Crippen molar-refractivity contribution in [1.82, 2.24) is 14.7 Å². The molecule has 4 atom stereocenters. The second kappa shape index (κ2) is 11.7. The first-order valence-electron chi connectivity index (χ1n) is 15.6. The number of ether oxygens (including phenoxy) is 1. The number of aromatic nitrogens is 2. The smallest absolute Gasteiger partial charge is 0.257 e. The number of amides is 2. The lowest BCUT2D eigenvalue weighted by Gasteiger charge is -2.47. The first kappa shape index (κ1) is 28.5. The number of likely N-dealkylation sites (tertiary alicyclic amines) is 1. The molecule has 7 rings (SSSR count). The predicted octanol–water partition coefficient (Wildman–Crippen LogP) is 6.23. The van der Waals surface area contributed by atoms with Crippen molar-refractivity contribution in [3.8, 4) is 0 Å². The number of aryl methyl sites for hydroxylation is 2. The molecule has 2 aliphatic heterocycles. The van der Waals surface area contributed by atoms with Crippen molar-refractivity contribution >= 4 is 34.1 Å². The molecule has 0 bridgehead atoms. The van der Waals surface area contributed by atoms with Gasteiger partial charge >= 0.3 is 0 Å². The Labute approximate surface area is 256 Å². The number of carbonyl (C=O) groups is 2. The molecule has 2 N–H and O–H groups in total. The van der Waals surface area contributed by atoms with Crippen LogP contribution in [0.2, 0.25) is 0 Å². The predicted molar refractivity (Wildman–Crippen MR) is 168 cm³/mol. The lowest BCUT2D eigenvalue weighted by atomic mass is 9.76. The van der Waals surface area contributed by atoms with E-state index in [1.54, 1.807) is 34.8 Å². The third kappa shape index (κ3) is 5.23. The molecule has 2 amide bonds. The minimum Gasteiger partial charge on any atom is -0.382 e. The van der Waals surface area contributed by atoms with E-state index in [2.05, 4.69) is 15.7 Å². The van der Waals surface area contributed by atoms with E-state index in [0.29, 0.717) is 36.9 Å². The number of nitrogens with zero attached hydrogens (tertiary/aromatic N) is 3. The third-order valence-corrected chi connectivity index (χ3v) is 9.76. The Morgan fingerprint density at radius 2 is 1.77 bits per heavy atom. The number of anilines is 2. The molecule has 3 heterocycles. The van der Waals surface area contributed by atoms with Crippen LogP contribution in [0.3, 0.4) is 0 Å². The summed E-state index contributed by atoms with van der Waals surface area (Å²) in [5.74, 6) is -1.76. The zero-order valence-electron chi connectivity index (χ0n) is 25.1. The maximum Gasteiger partial charge on any atom is 0.257 e. The largest absolute Gasteiger partial charge is 0.382 e. The second-order valence-corrected chi connectivity index (χ2v) is 12.6. The highest BCUT2D eigenvalue weighted by molar-refractivity contribution is 5.99. The van der Waals surface area contributed by atoms with Gasteiger partial charge < -0.3 is 20.3 Å². The number of halogens is 1. The standard InChI is InChI=1S/C35H38FN5O3/c1-21-6-5-9-29(36)32(21)35(43)41-31-20-44-19-24(31)17-28(34(42)39-27-14-15-30-23(16-27)18-37-40(30)2)33(41)22-10-12-26(13-11-22)38-25-7-3-4-8-25/h5-6,9-16,18,24-25,28,31,33,38H,3-4,7-8,17,19-20H2,1-2H3,(H,39,42)/t24-,28-,31+,33-/m1/s1. The van der Waals surface area contributed by atoms with Gasteiger partial charge in [-0.2, -0.15) is 5.10 Å². The molecule has 1 aliphatic carbocycles. The first-order chi connectivity index (χ1) is 21.4. The van der Waals surface area contributed by atoms with Crippen molar-refractivity contribution in [2.24, 2.45) is 18.9 Å². The van der Waals surface area contributed by atoms with E-state index in [1.807, 2.05) is 49.5 Å². The molecule has 8 nitrogen and oxygen atoms in total. The van der Waals surface area contributed by atoms with Crippen LogP contribution in [0, 0.1) is 24.6 Å². The molecule has 228 valence electrons. The Bertz CT molecular complexity index is 1680. The molecule has 9 heteroatoms. The van der Waals surface area contributed by atoms with E-state index in [-0.39, 0.29) is 23.4 Å².